The third-order valence-corrected chi connectivity index (χ3v) is 15.2. The van der Waals surface area contributed by atoms with Crippen molar-refractivity contribution >= 4 is 55.6 Å². The van der Waals surface area contributed by atoms with Crippen molar-refractivity contribution in [2.75, 3.05) is 16.5 Å². The van der Waals surface area contributed by atoms with E-state index in [2.05, 4.69) is 291 Å². The molecule has 6 nitrogen and oxygen atoms in total. The number of hydrogen-bond donors (Lipinski definition) is 0. The van der Waals surface area contributed by atoms with Crippen LogP contribution < -0.4 is 14.5 Å². The van der Waals surface area contributed by atoms with Crippen molar-refractivity contribution in [1.29, 1.82) is 0 Å². The van der Waals surface area contributed by atoms with Crippen molar-refractivity contribution in [3.63, 3.8) is 0 Å². The summed E-state index contributed by atoms with van der Waals surface area (Å²) in [6.45, 7) is 14.2. The van der Waals surface area contributed by atoms with E-state index in [4.69, 9.17) is 9.72 Å². The number of pyridine rings is 1. The van der Waals surface area contributed by atoms with Crippen LogP contribution in [0.4, 0.5) is 22.7 Å². The number of para-hydroxylation sites is 5. The van der Waals surface area contributed by atoms with Crippen LogP contribution in [0.3, 0.4) is 0 Å². The fourth-order valence-corrected chi connectivity index (χ4v) is 11.3. The number of fused-ring (bicyclic) bond motifs is 6. The Hall–Kier alpha value is -9.13. The molecule has 4 heterocycles. The fourth-order valence-electron chi connectivity index (χ4n) is 11.3. The molecule has 76 heavy (non-hydrogen) atoms. The monoisotopic (exact) mass is 985 g/mol. The Labute approximate surface area is 445 Å². The number of anilines is 4. The molecule has 0 amide bonds. The van der Waals surface area contributed by atoms with E-state index in [1.54, 1.807) is 0 Å². The smallest absolute Gasteiger partial charge is 0.137 e. The van der Waals surface area contributed by atoms with E-state index in [0.717, 1.165) is 78.6 Å². The molecule has 12 aromatic rings. The normalized spacial score (nSPS) is 12.8. The van der Waals surface area contributed by atoms with Crippen molar-refractivity contribution in [1.82, 2.24) is 14.1 Å². The van der Waals surface area contributed by atoms with Crippen molar-refractivity contribution in [3.05, 3.63) is 248 Å². The van der Waals surface area contributed by atoms with E-state index in [9.17, 15) is 0 Å². The van der Waals surface area contributed by atoms with Gasteiger partial charge < -0.3 is 19.1 Å². The van der Waals surface area contributed by atoms with E-state index in [-0.39, 0.29) is 10.8 Å². The van der Waals surface area contributed by atoms with Gasteiger partial charge in [0.05, 0.1) is 39.1 Å². The minimum atomic E-state index is -0.0670. The first-order valence-electron chi connectivity index (χ1n) is 26.4. The Bertz CT molecular complexity index is 4140. The maximum atomic E-state index is 6.98. The average Bonchev–Trinajstić information content (AvgIpc) is 4.30. The van der Waals surface area contributed by atoms with Gasteiger partial charge in [-0.3, -0.25) is 4.57 Å². The van der Waals surface area contributed by atoms with Crippen LogP contribution >= 0.6 is 0 Å². The van der Waals surface area contributed by atoms with Crippen LogP contribution in [-0.2, 0) is 10.8 Å². The van der Waals surface area contributed by atoms with Gasteiger partial charge >= 0.3 is 0 Å². The van der Waals surface area contributed by atoms with Gasteiger partial charge in [-0.15, -0.1) is 0 Å². The van der Waals surface area contributed by atoms with E-state index >= 15 is 0 Å². The highest BCUT2D eigenvalue weighted by Crippen LogP contribution is 2.51. The summed E-state index contributed by atoms with van der Waals surface area (Å²) in [5.74, 6) is 2.36. The maximum Gasteiger partial charge on any atom is 0.137 e. The van der Waals surface area contributed by atoms with Gasteiger partial charge in [0.1, 0.15) is 24.0 Å². The molecule has 0 spiro atoms. The lowest BCUT2D eigenvalue weighted by Gasteiger charge is -2.28. The Morgan fingerprint density at radius 1 is 0.395 bits per heavy atom. The van der Waals surface area contributed by atoms with Crippen LogP contribution in [0.1, 0.15) is 52.7 Å². The predicted octanol–water partition coefficient (Wildman–Crippen LogP) is 18.8. The molecule has 0 bridgehead atoms. The molecule has 1 aliphatic rings. The molecule has 13 rings (SSSR count). The van der Waals surface area contributed by atoms with Crippen molar-refractivity contribution < 1.29 is 4.74 Å². The molecule has 0 unspecified atom stereocenters. The summed E-state index contributed by atoms with van der Waals surface area (Å²) in [5, 5.41) is 2.27. The van der Waals surface area contributed by atoms with Crippen LogP contribution in [0.5, 0.6) is 11.5 Å². The highest BCUT2D eigenvalue weighted by Gasteiger charge is 2.32. The highest BCUT2D eigenvalue weighted by atomic mass is 16.5. The lowest BCUT2D eigenvalue weighted by atomic mass is 9.85. The first kappa shape index (κ1) is 46.6. The molecular formula is C70H59N5O. The fraction of sp³-hybridized carbons (Fsp3) is 0.129. The number of rotatable bonds is 9. The zero-order valence-electron chi connectivity index (χ0n) is 43.9. The van der Waals surface area contributed by atoms with Gasteiger partial charge in [-0.1, -0.05) is 187 Å². The second kappa shape index (κ2) is 18.4. The number of hydrogen-bond acceptors (Lipinski definition) is 4. The SMILES string of the molecule is CC(C)(C)c1ccc(-c2cccc(-c3cccc(-c4ccccc4)c3)c2N2CN(c3cccc(Oc4ccc5c(c4)n(-c4cc(C(C)(C)C)ccn4)c4c6ccccc6n(-c6ccccc6)c54)c3)c3ccccc32)cc1. The average molecular weight is 986 g/mol. The summed E-state index contributed by atoms with van der Waals surface area (Å²) in [7, 11) is 0. The van der Waals surface area contributed by atoms with E-state index in [1.165, 1.54) is 44.5 Å². The van der Waals surface area contributed by atoms with Crippen LogP contribution in [-0.4, -0.2) is 20.8 Å². The molecule has 0 N–H and O–H groups in total. The van der Waals surface area contributed by atoms with Crippen LogP contribution in [0.25, 0.3) is 77.7 Å². The first-order valence-corrected chi connectivity index (χ1v) is 26.4. The molecule has 370 valence electrons. The van der Waals surface area contributed by atoms with E-state index in [1.807, 2.05) is 6.20 Å². The van der Waals surface area contributed by atoms with Gasteiger partial charge in [0.15, 0.2) is 0 Å². The lowest BCUT2D eigenvalue weighted by molar-refractivity contribution is 0.483. The molecule has 0 saturated carbocycles. The molecule has 0 atom stereocenters. The van der Waals surface area contributed by atoms with Crippen molar-refractivity contribution in [2.24, 2.45) is 0 Å². The Kier molecular flexibility index (Phi) is 11.3. The van der Waals surface area contributed by atoms with Crippen LogP contribution in [0.2, 0.25) is 0 Å². The minimum Gasteiger partial charge on any atom is -0.457 e. The lowest BCUT2D eigenvalue weighted by Crippen LogP contribution is -2.25. The van der Waals surface area contributed by atoms with E-state index < -0.39 is 0 Å². The maximum absolute atomic E-state index is 6.98. The largest absolute Gasteiger partial charge is 0.457 e. The number of ether oxygens (including phenoxy) is 1. The topological polar surface area (TPSA) is 38.5 Å². The van der Waals surface area contributed by atoms with Gasteiger partial charge in [-0.25, -0.2) is 4.98 Å². The molecular weight excluding hydrogens is 927 g/mol. The summed E-state index contributed by atoms with van der Waals surface area (Å²) < 4.78 is 11.7. The first-order chi connectivity index (χ1) is 37.0. The van der Waals surface area contributed by atoms with Gasteiger partial charge in [-0.2, -0.15) is 0 Å². The second-order valence-electron chi connectivity index (χ2n) is 22.1. The minimum absolute atomic E-state index is 0.0411. The quantitative estimate of drug-likeness (QED) is 0.144. The van der Waals surface area contributed by atoms with Gasteiger partial charge in [0.2, 0.25) is 0 Å². The van der Waals surface area contributed by atoms with Gasteiger partial charge in [0, 0.05) is 51.6 Å². The summed E-state index contributed by atoms with van der Waals surface area (Å²) in [6.07, 6.45) is 1.94. The van der Waals surface area contributed by atoms with Crippen LogP contribution in [0, 0.1) is 0 Å². The third kappa shape index (κ3) is 8.18. The van der Waals surface area contributed by atoms with Crippen LogP contribution in [0.15, 0.2) is 237 Å². The number of benzene rings is 9. The molecule has 1 aliphatic heterocycles. The molecule has 9 aromatic carbocycles. The second-order valence-corrected chi connectivity index (χ2v) is 22.1. The summed E-state index contributed by atoms with van der Waals surface area (Å²) in [6, 6.07) is 83.1. The zero-order chi connectivity index (χ0) is 51.7. The van der Waals surface area contributed by atoms with E-state index in [0.29, 0.717) is 6.67 Å². The van der Waals surface area contributed by atoms with Crippen molar-refractivity contribution in [2.45, 2.75) is 52.4 Å². The summed E-state index contributed by atoms with van der Waals surface area (Å²) in [5.41, 5.74) is 19.6. The Morgan fingerprint density at radius 3 is 1.75 bits per heavy atom. The predicted molar refractivity (Wildman–Crippen MR) is 318 cm³/mol. The summed E-state index contributed by atoms with van der Waals surface area (Å²) in [4.78, 5) is 9.99. The molecule has 0 aliphatic carbocycles. The number of nitrogens with zero attached hydrogens (tertiary/aromatic N) is 5. The standard InChI is InChI=1S/C70H59N5O/c1-69(2,3)51-36-34-48(35-37-51)57-29-19-30-58(50-23-17-22-49(42-50)47-20-9-7-10-21-47)66(57)73-46-72(62-32-15-16-33-63(62)73)54-26-18-27-55(44-54)76-56-38-39-60-64(45-56)75(65-43-52(40-41-71-65)70(4,5)6)68-59-28-13-14-31-61(59)74(67(60)68)53-24-11-8-12-25-53/h7-45H,46H2,1-6H3. The Morgan fingerprint density at radius 2 is 0.987 bits per heavy atom. The molecule has 0 fully saturated rings. The van der Waals surface area contributed by atoms with Gasteiger partial charge in [-0.05, 0) is 117 Å². The third-order valence-electron chi connectivity index (χ3n) is 15.2. The zero-order valence-corrected chi connectivity index (χ0v) is 43.9. The summed E-state index contributed by atoms with van der Waals surface area (Å²) >= 11 is 0. The molecule has 6 heteroatoms. The van der Waals surface area contributed by atoms with Crippen molar-refractivity contribution in [3.8, 4) is 56.4 Å². The molecule has 3 aromatic heterocycles. The molecule has 0 radical (unpaired) electrons. The Balaban J connectivity index is 0.914. The molecule has 0 saturated heterocycles. The number of aromatic nitrogens is 3. The van der Waals surface area contributed by atoms with Gasteiger partial charge in [0.25, 0.3) is 0 Å². The highest BCUT2D eigenvalue weighted by molar-refractivity contribution is 6.20.